The van der Waals surface area contributed by atoms with Crippen LogP contribution in [-0.2, 0) is 6.42 Å². The van der Waals surface area contributed by atoms with Crippen molar-refractivity contribution in [3.63, 3.8) is 0 Å². The first-order chi connectivity index (χ1) is 9.31. The molecular formula is C15H19N3S. The van der Waals surface area contributed by atoms with Crippen molar-refractivity contribution < 1.29 is 0 Å². The fourth-order valence-corrected chi connectivity index (χ4v) is 2.33. The Labute approximate surface area is 119 Å². The Morgan fingerprint density at radius 1 is 1.32 bits per heavy atom. The monoisotopic (exact) mass is 273 g/mol. The second-order valence-electron chi connectivity index (χ2n) is 4.53. The van der Waals surface area contributed by atoms with Crippen LogP contribution in [0.15, 0.2) is 42.0 Å². The Morgan fingerprint density at radius 3 is 2.95 bits per heavy atom. The van der Waals surface area contributed by atoms with E-state index in [0.717, 1.165) is 18.6 Å². The molecule has 0 fully saturated rings. The lowest BCUT2D eigenvalue weighted by Crippen LogP contribution is -2.32. The van der Waals surface area contributed by atoms with Crippen LogP contribution >= 0.6 is 12.2 Å². The minimum atomic E-state index is 0.536. The largest absolute Gasteiger partial charge is 0.358 e. The number of thiocarbonyl (C=S) groups is 1. The van der Waals surface area contributed by atoms with E-state index in [2.05, 4.69) is 46.7 Å². The number of rotatable bonds is 3. The number of nitrogens with zero attached hydrogens (tertiary/aromatic N) is 1. The molecule has 1 aliphatic carbocycles. The zero-order chi connectivity index (χ0) is 13.5. The molecule has 0 unspecified atom stereocenters. The van der Waals surface area contributed by atoms with Crippen molar-refractivity contribution in [2.75, 3.05) is 6.54 Å². The van der Waals surface area contributed by atoms with Crippen molar-refractivity contribution in [3.8, 4) is 0 Å². The number of benzene rings is 1. The van der Waals surface area contributed by atoms with Gasteiger partial charge in [-0.3, -0.25) is 5.43 Å². The molecule has 1 aromatic carbocycles. The summed E-state index contributed by atoms with van der Waals surface area (Å²) in [7, 11) is 0. The van der Waals surface area contributed by atoms with E-state index in [9.17, 15) is 0 Å². The number of fused-ring (bicyclic) bond motifs is 1. The highest BCUT2D eigenvalue weighted by molar-refractivity contribution is 7.80. The third-order valence-electron chi connectivity index (χ3n) is 3.14. The van der Waals surface area contributed by atoms with Crippen molar-refractivity contribution in [1.29, 1.82) is 0 Å². The van der Waals surface area contributed by atoms with Crippen LogP contribution in [0.2, 0.25) is 0 Å². The summed E-state index contributed by atoms with van der Waals surface area (Å²) in [5.41, 5.74) is 6.64. The van der Waals surface area contributed by atoms with Gasteiger partial charge in [0.25, 0.3) is 0 Å². The Hall–Kier alpha value is -1.68. The predicted octanol–water partition coefficient (Wildman–Crippen LogP) is 2.77. The van der Waals surface area contributed by atoms with Crippen LogP contribution in [0.3, 0.4) is 0 Å². The highest BCUT2D eigenvalue weighted by Gasteiger charge is 2.13. The Balaban J connectivity index is 2.10. The molecule has 0 aromatic heterocycles. The zero-order valence-electron chi connectivity index (χ0n) is 11.0. The first-order valence-electron chi connectivity index (χ1n) is 6.61. The van der Waals surface area contributed by atoms with Crippen molar-refractivity contribution >= 4 is 23.0 Å². The van der Waals surface area contributed by atoms with Gasteiger partial charge in [0.2, 0.25) is 0 Å². The molecule has 0 spiro atoms. The van der Waals surface area contributed by atoms with Crippen molar-refractivity contribution in [2.45, 2.75) is 25.7 Å². The third kappa shape index (κ3) is 3.89. The summed E-state index contributed by atoms with van der Waals surface area (Å²) in [6.45, 7) is 4.29. The average molecular weight is 273 g/mol. The fraction of sp³-hybridized carbons (Fsp3) is 0.333. The Kier molecular flexibility index (Phi) is 5.10. The maximum Gasteiger partial charge on any atom is 0.187 e. The molecule has 19 heavy (non-hydrogen) atoms. The van der Waals surface area contributed by atoms with Gasteiger partial charge in [-0.15, -0.1) is 6.58 Å². The van der Waals surface area contributed by atoms with Gasteiger partial charge in [0.15, 0.2) is 5.11 Å². The summed E-state index contributed by atoms with van der Waals surface area (Å²) in [4.78, 5) is 0. The van der Waals surface area contributed by atoms with Gasteiger partial charge in [0.05, 0.1) is 5.71 Å². The summed E-state index contributed by atoms with van der Waals surface area (Å²) in [5, 5.41) is 8.01. The summed E-state index contributed by atoms with van der Waals surface area (Å²) in [6.07, 6.45) is 6.28. The molecular weight excluding hydrogens is 254 g/mol. The van der Waals surface area contributed by atoms with Crippen molar-refractivity contribution in [1.82, 2.24) is 10.7 Å². The Bertz CT molecular complexity index is 494. The van der Waals surface area contributed by atoms with Crippen LogP contribution in [0.1, 0.15) is 30.4 Å². The van der Waals surface area contributed by atoms with E-state index < -0.39 is 0 Å². The fourth-order valence-electron chi connectivity index (χ4n) is 2.20. The molecule has 1 aliphatic rings. The lowest BCUT2D eigenvalue weighted by atomic mass is 10.0. The van der Waals surface area contributed by atoms with Gasteiger partial charge in [-0.2, -0.15) is 5.10 Å². The van der Waals surface area contributed by atoms with Crippen LogP contribution in [0, 0.1) is 0 Å². The van der Waals surface area contributed by atoms with E-state index in [0.29, 0.717) is 11.7 Å². The Morgan fingerprint density at radius 2 is 2.11 bits per heavy atom. The molecule has 4 heteroatoms. The summed E-state index contributed by atoms with van der Waals surface area (Å²) >= 11 is 5.14. The van der Waals surface area contributed by atoms with Crippen molar-refractivity contribution in [2.24, 2.45) is 5.10 Å². The quantitative estimate of drug-likeness (QED) is 0.385. The first-order valence-corrected chi connectivity index (χ1v) is 7.01. The summed E-state index contributed by atoms with van der Waals surface area (Å²) in [5.74, 6) is 0. The second-order valence-corrected chi connectivity index (χ2v) is 4.94. The number of nitrogens with one attached hydrogen (secondary N) is 2. The number of hydrazone groups is 1. The number of hydrogen-bond acceptors (Lipinski definition) is 2. The molecule has 0 amide bonds. The minimum Gasteiger partial charge on any atom is -0.358 e. The molecule has 0 aliphatic heterocycles. The van der Waals surface area contributed by atoms with Gasteiger partial charge in [0.1, 0.15) is 0 Å². The van der Waals surface area contributed by atoms with Gasteiger partial charge < -0.3 is 5.32 Å². The summed E-state index contributed by atoms with van der Waals surface area (Å²) < 4.78 is 0. The molecule has 100 valence electrons. The van der Waals surface area contributed by atoms with Crippen LogP contribution < -0.4 is 10.7 Å². The maximum absolute atomic E-state index is 5.14. The topological polar surface area (TPSA) is 36.4 Å². The molecule has 3 nitrogen and oxygen atoms in total. The van der Waals surface area contributed by atoms with Crippen LogP contribution in [-0.4, -0.2) is 17.4 Å². The first kappa shape index (κ1) is 13.7. The minimum absolute atomic E-state index is 0.536. The smallest absolute Gasteiger partial charge is 0.187 e. The SMILES string of the molecule is C=CCNC(=S)NN=C1CCCCc2ccccc21. The molecule has 0 saturated carbocycles. The standard InChI is InChI=1S/C15H19N3S/c1-2-11-16-15(19)18-17-14-10-6-4-8-12-7-3-5-9-13(12)14/h2-3,5,7,9H,1,4,6,8,10-11H2,(H2,16,18,19). The van der Waals surface area contributed by atoms with Gasteiger partial charge in [-0.05, 0) is 43.5 Å². The average Bonchev–Trinajstić information content (AvgIpc) is 2.65. The number of aryl methyl sites for hydroxylation is 1. The van der Waals surface area contributed by atoms with Crippen LogP contribution in [0.4, 0.5) is 0 Å². The zero-order valence-corrected chi connectivity index (χ0v) is 11.8. The van der Waals surface area contributed by atoms with E-state index in [1.54, 1.807) is 6.08 Å². The lowest BCUT2D eigenvalue weighted by Gasteiger charge is -2.09. The normalized spacial score (nSPS) is 16.3. The number of hydrogen-bond donors (Lipinski definition) is 2. The van der Waals surface area contributed by atoms with E-state index in [-0.39, 0.29) is 0 Å². The molecule has 0 bridgehead atoms. The van der Waals surface area contributed by atoms with Crippen LogP contribution in [0.5, 0.6) is 0 Å². The van der Waals surface area contributed by atoms with Gasteiger partial charge in [-0.25, -0.2) is 0 Å². The maximum atomic E-state index is 5.14. The highest BCUT2D eigenvalue weighted by Crippen LogP contribution is 2.20. The van der Waals surface area contributed by atoms with E-state index in [1.807, 2.05) is 0 Å². The molecule has 2 rings (SSSR count). The van der Waals surface area contributed by atoms with Crippen molar-refractivity contribution in [3.05, 3.63) is 48.0 Å². The second kappa shape index (κ2) is 7.04. The van der Waals surface area contributed by atoms with E-state index in [4.69, 9.17) is 12.2 Å². The van der Waals surface area contributed by atoms with E-state index in [1.165, 1.54) is 24.0 Å². The summed E-state index contributed by atoms with van der Waals surface area (Å²) in [6, 6.07) is 8.48. The predicted molar refractivity (Wildman–Crippen MR) is 84.5 cm³/mol. The molecule has 2 N–H and O–H groups in total. The molecule has 0 saturated heterocycles. The molecule has 1 aromatic rings. The van der Waals surface area contributed by atoms with Gasteiger partial charge in [-0.1, -0.05) is 30.3 Å². The van der Waals surface area contributed by atoms with Crippen LogP contribution in [0.25, 0.3) is 0 Å². The van der Waals surface area contributed by atoms with Gasteiger partial charge >= 0.3 is 0 Å². The van der Waals surface area contributed by atoms with Gasteiger partial charge in [0, 0.05) is 12.1 Å². The lowest BCUT2D eigenvalue weighted by molar-refractivity contribution is 0.773. The molecule has 0 atom stereocenters. The highest BCUT2D eigenvalue weighted by atomic mass is 32.1. The third-order valence-corrected chi connectivity index (χ3v) is 3.37. The van der Waals surface area contributed by atoms with E-state index >= 15 is 0 Å². The molecule has 0 radical (unpaired) electrons. The molecule has 0 heterocycles.